The maximum atomic E-state index is 13.8. The molecule has 2 atom stereocenters. The van der Waals surface area contributed by atoms with Crippen molar-refractivity contribution in [3.63, 3.8) is 0 Å². The van der Waals surface area contributed by atoms with Crippen molar-refractivity contribution in [1.29, 1.82) is 0 Å². The molecule has 1 saturated heterocycles. The summed E-state index contributed by atoms with van der Waals surface area (Å²) in [6, 6.07) is 12.6. The fourth-order valence-electron chi connectivity index (χ4n) is 7.42. The van der Waals surface area contributed by atoms with Crippen LogP contribution in [0.4, 0.5) is 20.3 Å². The summed E-state index contributed by atoms with van der Waals surface area (Å²) in [5, 5.41) is 6.63. The summed E-state index contributed by atoms with van der Waals surface area (Å²) in [7, 11) is 4.22. The number of aromatic nitrogens is 5. The van der Waals surface area contributed by atoms with E-state index in [9.17, 15) is 23.2 Å². The number of halogens is 4. The second-order valence-electron chi connectivity index (χ2n) is 13.4. The standard InChI is InChI=1S/C30H24Cl2F2N6O3.C8H13NO2.C2H6/c1-39-27-21(29(41)40(2)30(39)42)25(37-26(38-27)24(33)34)35-19-12-6-10-17(23(19)32)16-9-5-11-18(22(16)31)20-13-14-7-4-8-15(14)28(36-20)43-3;1-2-11-8(10)7-5-3-9-4-6(5)7;1-2/h5-6,9-13,24H,4,7-8H2,1-3H3,(H,35,37,38);5-7,9H,2-4H2,1H3;1-2H3. The van der Waals surface area contributed by atoms with Gasteiger partial charge in [0.2, 0.25) is 5.88 Å². The van der Waals surface area contributed by atoms with Crippen LogP contribution < -0.4 is 26.6 Å². The van der Waals surface area contributed by atoms with Crippen LogP contribution in [0.2, 0.25) is 10.0 Å². The van der Waals surface area contributed by atoms with E-state index in [1.165, 1.54) is 19.7 Å². The number of anilines is 2. The van der Waals surface area contributed by atoms with Gasteiger partial charge >= 0.3 is 11.7 Å². The van der Waals surface area contributed by atoms with Gasteiger partial charge in [0, 0.05) is 36.3 Å². The molecule has 3 aromatic heterocycles. The Labute approximate surface area is 332 Å². The number of aryl methyl sites for hydroxylation is 2. The number of esters is 1. The predicted octanol–water partition coefficient (Wildman–Crippen LogP) is 7.28. The Morgan fingerprint density at radius 3 is 2.29 bits per heavy atom. The third-order valence-corrected chi connectivity index (χ3v) is 11.0. The van der Waals surface area contributed by atoms with Crippen molar-refractivity contribution in [3.05, 3.63) is 90.3 Å². The molecule has 3 aliphatic rings. The van der Waals surface area contributed by atoms with Crippen LogP contribution in [0.15, 0.2) is 52.1 Å². The molecule has 2 N–H and O–H groups in total. The zero-order valence-corrected chi connectivity index (χ0v) is 33.4. The van der Waals surface area contributed by atoms with Gasteiger partial charge in [-0.1, -0.05) is 67.4 Å². The lowest BCUT2D eigenvalue weighted by molar-refractivity contribution is -0.145. The molecule has 16 heteroatoms. The monoisotopic (exact) mass is 809 g/mol. The number of nitrogens with one attached hydrogen (secondary N) is 2. The van der Waals surface area contributed by atoms with Crippen LogP contribution in [0.5, 0.6) is 5.88 Å². The van der Waals surface area contributed by atoms with E-state index >= 15 is 0 Å². The first-order valence-corrected chi connectivity index (χ1v) is 19.2. The highest BCUT2D eigenvalue weighted by molar-refractivity contribution is 6.39. The van der Waals surface area contributed by atoms with Crippen LogP contribution in [0.25, 0.3) is 33.4 Å². The highest BCUT2D eigenvalue weighted by Crippen LogP contribution is 2.49. The molecule has 1 saturated carbocycles. The molecule has 0 radical (unpaired) electrons. The minimum atomic E-state index is -3.06. The molecule has 2 aliphatic carbocycles. The van der Waals surface area contributed by atoms with E-state index in [1.807, 2.05) is 45.0 Å². The number of benzene rings is 2. The molecule has 0 amide bonds. The number of nitrogens with zero attached hydrogens (tertiary/aromatic N) is 5. The lowest BCUT2D eigenvalue weighted by atomic mass is 9.99. The zero-order chi connectivity index (χ0) is 40.4. The zero-order valence-electron chi connectivity index (χ0n) is 31.9. The molecule has 8 rings (SSSR count). The van der Waals surface area contributed by atoms with Gasteiger partial charge < -0.3 is 20.1 Å². The van der Waals surface area contributed by atoms with Crippen LogP contribution in [0.1, 0.15) is 50.6 Å². The Balaban J connectivity index is 0.000000347. The number of piperidine rings is 1. The maximum absolute atomic E-state index is 13.8. The minimum Gasteiger partial charge on any atom is -0.481 e. The molecule has 1 aliphatic heterocycles. The average Bonchev–Trinajstić information content (AvgIpc) is 3.47. The molecule has 12 nitrogen and oxygen atoms in total. The van der Waals surface area contributed by atoms with Gasteiger partial charge in [-0.15, -0.1) is 0 Å². The number of pyridine rings is 1. The molecular formula is C40H43Cl2F2N7O5. The van der Waals surface area contributed by atoms with E-state index in [-0.39, 0.29) is 39.4 Å². The number of fused-ring (bicyclic) bond motifs is 3. The van der Waals surface area contributed by atoms with Gasteiger partial charge in [0.05, 0.1) is 41.1 Å². The van der Waals surface area contributed by atoms with Crippen molar-refractivity contribution in [2.75, 3.05) is 32.1 Å². The molecule has 2 fully saturated rings. The van der Waals surface area contributed by atoms with Crippen molar-refractivity contribution < 1.29 is 23.0 Å². The maximum Gasteiger partial charge on any atom is 0.332 e. The van der Waals surface area contributed by atoms with E-state index in [4.69, 9.17) is 37.7 Å². The van der Waals surface area contributed by atoms with Gasteiger partial charge in [-0.05, 0) is 68.8 Å². The highest BCUT2D eigenvalue weighted by Gasteiger charge is 2.57. The first-order chi connectivity index (χ1) is 26.9. The van der Waals surface area contributed by atoms with Crippen LogP contribution in [-0.2, 0) is 36.5 Å². The van der Waals surface area contributed by atoms with Gasteiger partial charge in [-0.25, -0.2) is 28.5 Å². The number of methoxy groups -OCH3 is 1. The predicted molar refractivity (Wildman–Crippen MR) is 213 cm³/mol. The summed E-state index contributed by atoms with van der Waals surface area (Å²) < 4.78 is 39.9. The Morgan fingerprint density at radius 1 is 0.964 bits per heavy atom. The molecule has 5 aromatic rings. The number of alkyl halides is 2. The van der Waals surface area contributed by atoms with E-state index in [1.54, 1.807) is 25.3 Å². The molecule has 0 spiro atoms. The van der Waals surface area contributed by atoms with Gasteiger partial charge in [-0.3, -0.25) is 18.7 Å². The first-order valence-electron chi connectivity index (χ1n) is 18.5. The number of hydrogen-bond acceptors (Lipinski definition) is 10. The van der Waals surface area contributed by atoms with Crippen molar-refractivity contribution in [2.45, 2.75) is 46.5 Å². The molecule has 56 heavy (non-hydrogen) atoms. The summed E-state index contributed by atoms with van der Waals surface area (Å²) in [4.78, 5) is 49.2. The van der Waals surface area contributed by atoms with Crippen LogP contribution in [0.3, 0.4) is 0 Å². The topological polar surface area (TPSA) is 142 Å². The van der Waals surface area contributed by atoms with Crippen molar-refractivity contribution in [3.8, 4) is 28.3 Å². The Hall–Kier alpha value is -4.92. The lowest BCUT2D eigenvalue weighted by Crippen LogP contribution is -2.38. The largest absolute Gasteiger partial charge is 0.481 e. The van der Waals surface area contributed by atoms with Gasteiger partial charge in [-0.2, -0.15) is 0 Å². The minimum absolute atomic E-state index is 0.0176. The number of ether oxygens (including phenoxy) is 2. The summed E-state index contributed by atoms with van der Waals surface area (Å²) in [6.07, 6.45) is -0.181. The van der Waals surface area contributed by atoms with Crippen molar-refractivity contribution in [2.24, 2.45) is 31.8 Å². The number of hydrogen-bond donors (Lipinski definition) is 2. The van der Waals surface area contributed by atoms with Gasteiger partial charge in [0.15, 0.2) is 11.5 Å². The van der Waals surface area contributed by atoms with Crippen LogP contribution >= 0.6 is 23.2 Å². The Morgan fingerprint density at radius 2 is 1.62 bits per heavy atom. The summed E-state index contributed by atoms with van der Waals surface area (Å²) in [5.74, 6) is 0.950. The fraction of sp³-hybridized carbons (Fsp3) is 0.400. The third kappa shape index (κ3) is 7.61. The number of carbonyl (C=O) groups excluding carboxylic acids is 1. The van der Waals surface area contributed by atoms with Crippen molar-refractivity contribution in [1.82, 2.24) is 29.4 Å². The number of carbonyl (C=O) groups is 1. The molecule has 2 unspecified atom stereocenters. The van der Waals surface area contributed by atoms with Crippen LogP contribution in [0, 0.1) is 17.8 Å². The Kier molecular flexibility index (Phi) is 12.4. The normalized spacial score (nSPS) is 17.7. The number of rotatable bonds is 8. The summed E-state index contributed by atoms with van der Waals surface area (Å²) in [5.41, 5.74) is 3.37. The Bertz CT molecular complexity index is 2410. The van der Waals surface area contributed by atoms with Gasteiger partial charge in [0.1, 0.15) is 11.2 Å². The van der Waals surface area contributed by atoms with E-state index < -0.39 is 23.5 Å². The lowest BCUT2D eigenvalue weighted by Gasteiger charge is -2.17. The molecular weight excluding hydrogens is 767 g/mol. The fourth-order valence-corrected chi connectivity index (χ4v) is 8.02. The van der Waals surface area contributed by atoms with Crippen LogP contribution in [-0.4, -0.2) is 56.9 Å². The van der Waals surface area contributed by atoms with E-state index in [0.717, 1.165) is 47.0 Å². The quantitative estimate of drug-likeness (QED) is 0.154. The average molecular weight is 811 g/mol. The molecule has 4 heterocycles. The second-order valence-corrected chi connectivity index (χ2v) is 14.1. The summed E-state index contributed by atoms with van der Waals surface area (Å²) >= 11 is 13.9. The van der Waals surface area contributed by atoms with E-state index in [0.29, 0.717) is 51.7 Å². The second kappa shape index (κ2) is 17.1. The molecule has 2 aromatic carbocycles. The molecule has 0 bridgehead atoms. The molecule has 296 valence electrons. The first kappa shape index (κ1) is 40.7. The highest BCUT2D eigenvalue weighted by atomic mass is 35.5. The third-order valence-electron chi connectivity index (χ3n) is 10.2. The van der Waals surface area contributed by atoms with Crippen molar-refractivity contribution >= 4 is 51.7 Å². The smallest absolute Gasteiger partial charge is 0.332 e. The van der Waals surface area contributed by atoms with Gasteiger partial charge in [0.25, 0.3) is 12.0 Å². The van der Waals surface area contributed by atoms with E-state index in [2.05, 4.69) is 20.6 Å². The SMILES string of the molecule is CC.CCOC(=O)C1C2CNCC21.COc1nc(-c2cccc(-c3cccc(Nc4nc(C(F)F)nc5c4c(=O)n(C)c(=O)n5C)c3Cl)c2Cl)cc2c1CCC2. The summed E-state index contributed by atoms with van der Waals surface area (Å²) in [6.45, 7) is 8.39.